The Morgan fingerprint density at radius 2 is 1.59 bits per heavy atom. The van der Waals surface area contributed by atoms with Gasteiger partial charge in [-0.3, -0.25) is 0 Å². The average molecular weight is 250 g/mol. The molecule has 0 unspecified atom stereocenters. The minimum absolute atomic E-state index is 0.220. The molecule has 0 aromatic carbocycles. The molecule has 1 fully saturated rings. The third kappa shape index (κ3) is 3.15. The number of hydrogen-bond donors (Lipinski definition) is 0. The van der Waals surface area contributed by atoms with E-state index in [-0.39, 0.29) is 24.4 Å². The van der Waals surface area contributed by atoms with E-state index in [1.165, 1.54) is 0 Å². The summed E-state index contributed by atoms with van der Waals surface area (Å²) in [4.78, 5) is 0. The Labute approximate surface area is 102 Å². The number of methoxy groups -OCH3 is 5. The molecular weight excluding hydrogens is 228 g/mol. The van der Waals surface area contributed by atoms with Crippen LogP contribution < -0.4 is 0 Å². The lowest BCUT2D eigenvalue weighted by Crippen LogP contribution is -2.43. The van der Waals surface area contributed by atoms with Gasteiger partial charge in [-0.05, 0) is 0 Å². The lowest BCUT2D eigenvalue weighted by atomic mass is 10.1. The van der Waals surface area contributed by atoms with Crippen LogP contribution >= 0.6 is 0 Å². The van der Waals surface area contributed by atoms with Gasteiger partial charge in [0.05, 0.1) is 6.61 Å². The Morgan fingerprint density at radius 1 is 0.941 bits per heavy atom. The molecule has 0 amide bonds. The molecule has 0 aliphatic carbocycles. The molecule has 0 radical (unpaired) electrons. The van der Waals surface area contributed by atoms with Gasteiger partial charge < -0.3 is 28.4 Å². The van der Waals surface area contributed by atoms with Crippen LogP contribution in [0.25, 0.3) is 0 Å². The molecule has 0 bridgehead atoms. The zero-order valence-electron chi connectivity index (χ0n) is 11.0. The predicted octanol–water partition coefficient (Wildman–Crippen LogP) is 0.0491. The standard InChI is InChI=1S/C11H22O6/c1-12-6-7(13-2)8-9(14-3)10(15-4)11(16-5)17-8/h7-11H,6H2,1-5H3/t7-,8-,9+,10-,11-/m0/s1. The maximum Gasteiger partial charge on any atom is 0.186 e. The number of rotatable bonds is 7. The molecule has 1 heterocycles. The maximum absolute atomic E-state index is 5.75. The number of hydrogen-bond acceptors (Lipinski definition) is 6. The van der Waals surface area contributed by atoms with E-state index in [2.05, 4.69) is 0 Å². The Morgan fingerprint density at radius 3 is 2.00 bits per heavy atom. The van der Waals surface area contributed by atoms with Crippen LogP contribution in [0.2, 0.25) is 0 Å². The van der Waals surface area contributed by atoms with Crippen molar-refractivity contribution in [1.82, 2.24) is 0 Å². The molecule has 102 valence electrons. The highest BCUT2D eigenvalue weighted by molar-refractivity contribution is 4.93. The minimum Gasteiger partial charge on any atom is -0.382 e. The van der Waals surface area contributed by atoms with Crippen molar-refractivity contribution in [2.75, 3.05) is 42.2 Å². The summed E-state index contributed by atoms with van der Waals surface area (Å²) in [5.41, 5.74) is 0. The average Bonchev–Trinajstić information content (AvgIpc) is 2.73. The molecule has 0 aromatic heterocycles. The van der Waals surface area contributed by atoms with Crippen molar-refractivity contribution in [2.24, 2.45) is 0 Å². The van der Waals surface area contributed by atoms with Crippen LogP contribution in [0.15, 0.2) is 0 Å². The van der Waals surface area contributed by atoms with Crippen molar-refractivity contribution < 1.29 is 28.4 Å². The van der Waals surface area contributed by atoms with Crippen LogP contribution in [-0.4, -0.2) is 72.9 Å². The van der Waals surface area contributed by atoms with E-state index >= 15 is 0 Å². The van der Waals surface area contributed by atoms with Gasteiger partial charge in [0.1, 0.15) is 24.4 Å². The first-order valence-electron chi connectivity index (χ1n) is 5.49. The van der Waals surface area contributed by atoms with Crippen LogP contribution in [0.1, 0.15) is 0 Å². The van der Waals surface area contributed by atoms with E-state index in [1.54, 1.807) is 35.5 Å². The van der Waals surface area contributed by atoms with Crippen molar-refractivity contribution in [3.8, 4) is 0 Å². The molecule has 0 spiro atoms. The minimum atomic E-state index is -0.454. The summed E-state index contributed by atoms with van der Waals surface area (Å²) in [7, 11) is 8.02. The third-order valence-electron chi connectivity index (χ3n) is 2.98. The van der Waals surface area contributed by atoms with Crippen LogP contribution in [0.4, 0.5) is 0 Å². The normalized spacial score (nSPS) is 35.1. The first kappa shape index (κ1) is 14.8. The van der Waals surface area contributed by atoms with Crippen LogP contribution in [-0.2, 0) is 28.4 Å². The summed E-state index contributed by atoms with van der Waals surface area (Å²) < 4.78 is 32.2. The van der Waals surface area contributed by atoms with Gasteiger partial charge in [-0.25, -0.2) is 0 Å². The fourth-order valence-electron chi connectivity index (χ4n) is 2.12. The third-order valence-corrected chi connectivity index (χ3v) is 2.98. The van der Waals surface area contributed by atoms with Gasteiger partial charge >= 0.3 is 0 Å². The molecule has 1 saturated heterocycles. The fraction of sp³-hybridized carbons (Fsp3) is 1.00. The van der Waals surface area contributed by atoms with Crippen molar-refractivity contribution in [1.29, 1.82) is 0 Å². The SMILES string of the molecule is COC[C@H](OC)[C@@H]1O[C@H](OC)[C@@H](OC)[C@@H]1OC. The van der Waals surface area contributed by atoms with E-state index in [1.807, 2.05) is 0 Å². The number of ether oxygens (including phenoxy) is 6. The van der Waals surface area contributed by atoms with Crippen LogP contribution in [0, 0.1) is 0 Å². The summed E-state index contributed by atoms with van der Waals surface area (Å²) in [6.45, 7) is 0.424. The molecule has 1 aliphatic heterocycles. The van der Waals surface area contributed by atoms with Crippen molar-refractivity contribution in [2.45, 2.75) is 30.7 Å². The Kier molecular flexibility index (Phi) is 6.32. The second-order valence-corrected chi connectivity index (χ2v) is 3.83. The summed E-state index contributed by atoms with van der Waals surface area (Å²) in [6.07, 6.45) is -1.47. The molecule has 0 N–H and O–H groups in total. The molecule has 0 saturated carbocycles. The molecule has 5 atom stereocenters. The first-order chi connectivity index (χ1) is 8.23. The van der Waals surface area contributed by atoms with Gasteiger partial charge in [-0.2, -0.15) is 0 Å². The monoisotopic (exact) mass is 250 g/mol. The summed E-state index contributed by atoms with van der Waals surface area (Å²) in [6, 6.07) is 0. The van der Waals surface area contributed by atoms with Gasteiger partial charge in [0, 0.05) is 35.5 Å². The topological polar surface area (TPSA) is 55.4 Å². The zero-order chi connectivity index (χ0) is 12.8. The lowest BCUT2D eigenvalue weighted by molar-refractivity contribution is -0.175. The van der Waals surface area contributed by atoms with E-state index in [9.17, 15) is 0 Å². The van der Waals surface area contributed by atoms with Gasteiger partial charge in [-0.1, -0.05) is 0 Å². The van der Waals surface area contributed by atoms with Gasteiger partial charge in [0.25, 0.3) is 0 Å². The molecule has 17 heavy (non-hydrogen) atoms. The Hall–Kier alpha value is -0.240. The fourth-order valence-corrected chi connectivity index (χ4v) is 2.12. The highest BCUT2D eigenvalue weighted by Crippen LogP contribution is 2.29. The van der Waals surface area contributed by atoms with Gasteiger partial charge in [0.15, 0.2) is 6.29 Å². The molecule has 1 aliphatic rings. The highest BCUT2D eigenvalue weighted by Gasteiger charge is 2.49. The van der Waals surface area contributed by atoms with Gasteiger partial charge in [0.2, 0.25) is 0 Å². The molecule has 6 heteroatoms. The molecule has 1 rings (SSSR count). The molecular formula is C11H22O6. The molecule has 0 aromatic rings. The smallest absolute Gasteiger partial charge is 0.186 e. The summed E-state index contributed by atoms with van der Waals surface area (Å²) >= 11 is 0. The van der Waals surface area contributed by atoms with Crippen molar-refractivity contribution >= 4 is 0 Å². The Bertz CT molecular complexity index is 212. The van der Waals surface area contributed by atoms with E-state index in [4.69, 9.17) is 28.4 Å². The van der Waals surface area contributed by atoms with E-state index < -0.39 is 6.29 Å². The Balaban J connectivity index is 2.76. The van der Waals surface area contributed by atoms with Crippen molar-refractivity contribution in [3.05, 3.63) is 0 Å². The van der Waals surface area contributed by atoms with Gasteiger partial charge in [-0.15, -0.1) is 0 Å². The molecule has 6 nitrogen and oxygen atoms in total. The summed E-state index contributed by atoms with van der Waals surface area (Å²) in [5, 5.41) is 0. The van der Waals surface area contributed by atoms with Crippen molar-refractivity contribution in [3.63, 3.8) is 0 Å². The van der Waals surface area contributed by atoms with Crippen LogP contribution in [0.5, 0.6) is 0 Å². The highest BCUT2D eigenvalue weighted by atomic mass is 16.7. The lowest BCUT2D eigenvalue weighted by Gasteiger charge is -2.26. The maximum atomic E-state index is 5.75. The zero-order valence-corrected chi connectivity index (χ0v) is 11.0. The van der Waals surface area contributed by atoms with E-state index in [0.717, 1.165) is 0 Å². The largest absolute Gasteiger partial charge is 0.382 e. The van der Waals surface area contributed by atoms with E-state index in [0.29, 0.717) is 6.61 Å². The quantitative estimate of drug-likeness (QED) is 0.636. The summed E-state index contributed by atoms with van der Waals surface area (Å²) in [5.74, 6) is 0. The second kappa shape index (κ2) is 7.25. The predicted molar refractivity (Wildman–Crippen MR) is 59.9 cm³/mol. The van der Waals surface area contributed by atoms with Crippen LogP contribution in [0.3, 0.4) is 0 Å². The first-order valence-corrected chi connectivity index (χ1v) is 5.49. The second-order valence-electron chi connectivity index (χ2n) is 3.83.